The highest BCUT2D eigenvalue weighted by atomic mass is 19.1. The molecule has 1 aromatic rings. The van der Waals surface area contributed by atoms with E-state index in [0.717, 1.165) is 6.07 Å². The van der Waals surface area contributed by atoms with Crippen molar-refractivity contribution >= 4 is 5.69 Å². The fourth-order valence-electron chi connectivity index (χ4n) is 0.746. The molecule has 0 aliphatic carbocycles. The molecule has 0 atom stereocenters. The number of rotatable bonds is 1. The predicted octanol–water partition coefficient (Wildman–Crippen LogP) is 1.62. The van der Waals surface area contributed by atoms with Crippen LogP contribution in [-0.4, -0.2) is 10.0 Å². The fourth-order valence-corrected chi connectivity index (χ4v) is 0.746. The van der Waals surface area contributed by atoms with Crippen LogP contribution in [0.5, 0.6) is 5.75 Å². The van der Waals surface area contributed by atoms with Gasteiger partial charge in [0.25, 0.3) is 5.69 Å². The Morgan fingerprint density at radius 2 is 2.17 bits per heavy atom. The Morgan fingerprint density at radius 3 is 2.58 bits per heavy atom. The molecule has 0 aromatic heterocycles. The van der Waals surface area contributed by atoms with Gasteiger partial charge in [-0.25, -0.2) is 4.39 Å². The second-order valence-electron chi connectivity index (χ2n) is 2.19. The van der Waals surface area contributed by atoms with Crippen LogP contribution in [0, 0.1) is 22.9 Å². The predicted molar refractivity (Wildman–Crippen MR) is 39.2 cm³/mol. The molecule has 1 N–H and O–H groups in total. The first-order valence-electron chi connectivity index (χ1n) is 3.01. The molecular weight excluding hydrogens is 165 g/mol. The average molecular weight is 170 g/mol. The van der Waals surface area contributed by atoms with Gasteiger partial charge in [0.1, 0.15) is 0 Å². The molecule has 0 aliphatic heterocycles. The highest BCUT2D eigenvalue weighted by Crippen LogP contribution is 2.25. The minimum atomic E-state index is -1.03. The van der Waals surface area contributed by atoms with Gasteiger partial charge in [-0.15, -0.1) is 0 Å². The third kappa shape index (κ3) is 1.34. The summed E-state index contributed by atoms with van der Waals surface area (Å²) >= 11 is 0. The van der Waals surface area contributed by atoms with Crippen molar-refractivity contribution < 1.29 is 14.4 Å². The zero-order valence-corrected chi connectivity index (χ0v) is 5.95. The van der Waals surface area contributed by atoms with E-state index in [1.165, 1.54) is 0 Å². The Kier molecular flexibility index (Phi) is 1.95. The Hall–Kier alpha value is -1.65. The Morgan fingerprint density at radius 1 is 1.58 bits per heavy atom. The minimum Gasteiger partial charge on any atom is -0.505 e. The van der Waals surface area contributed by atoms with Gasteiger partial charge in [-0.1, -0.05) is 0 Å². The van der Waals surface area contributed by atoms with E-state index in [0.29, 0.717) is 6.07 Å². The largest absolute Gasteiger partial charge is 0.505 e. The SMILES string of the molecule is [CH2]c1cc([N+](=O)[O-])cc(F)c1O. The summed E-state index contributed by atoms with van der Waals surface area (Å²) in [4.78, 5) is 9.39. The molecule has 0 aliphatic rings. The Labute approximate surface area is 67.4 Å². The number of halogens is 1. The molecule has 1 radical (unpaired) electrons. The van der Waals surface area contributed by atoms with E-state index in [1.54, 1.807) is 0 Å². The van der Waals surface area contributed by atoms with Gasteiger partial charge in [-0.05, 0) is 6.92 Å². The minimum absolute atomic E-state index is 0.0956. The molecule has 0 saturated carbocycles. The van der Waals surface area contributed by atoms with Crippen molar-refractivity contribution in [2.24, 2.45) is 0 Å². The van der Waals surface area contributed by atoms with Gasteiger partial charge in [0.2, 0.25) is 0 Å². The Bertz CT molecular complexity index is 314. The van der Waals surface area contributed by atoms with E-state index in [1.807, 2.05) is 0 Å². The summed E-state index contributed by atoms with van der Waals surface area (Å²) in [5, 5.41) is 19.0. The maximum absolute atomic E-state index is 12.6. The summed E-state index contributed by atoms with van der Waals surface area (Å²) < 4.78 is 12.6. The number of hydrogen-bond donors (Lipinski definition) is 1. The first-order chi connectivity index (χ1) is 5.52. The van der Waals surface area contributed by atoms with Crippen molar-refractivity contribution in [1.29, 1.82) is 0 Å². The number of hydrogen-bond acceptors (Lipinski definition) is 3. The van der Waals surface area contributed by atoms with Crippen molar-refractivity contribution in [2.45, 2.75) is 0 Å². The van der Waals surface area contributed by atoms with Crippen LogP contribution >= 0.6 is 0 Å². The quantitative estimate of drug-likeness (QED) is 0.514. The number of aromatic hydroxyl groups is 1. The highest BCUT2D eigenvalue weighted by molar-refractivity contribution is 5.45. The molecule has 0 unspecified atom stereocenters. The van der Waals surface area contributed by atoms with Crippen molar-refractivity contribution in [3.05, 3.63) is 40.6 Å². The van der Waals surface area contributed by atoms with Crippen LogP contribution in [0.1, 0.15) is 5.56 Å². The Balaban J connectivity index is 3.31. The van der Waals surface area contributed by atoms with Crippen LogP contribution < -0.4 is 0 Å². The molecule has 0 bridgehead atoms. The van der Waals surface area contributed by atoms with E-state index < -0.39 is 22.2 Å². The monoisotopic (exact) mass is 170 g/mol. The molecular formula is C7H5FNO3. The van der Waals surface area contributed by atoms with Crippen LogP contribution in [0.25, 0.3) is 0 Å². The van der Waals surface area contributed by atoms with Gasteiger partial charge in [0, 0.05) is 11.6 Å². The number of non-ortho nitro benzene ring substituents is 1. The van der Waals surface area contributed by atoms with Crippen molar-refractivity contribution in [3.63, 3.8) is 0 Å². The van der Waals surface area contributed by atoms with Crippen molar-refractivity contribution in [2.75, 3.05) is 0 Å². The molecule has 5 heteroatoms. The lowest BCUT2D eigenvalue weighted by atomic mass is 10.2. The molecule has 0 heterocycles. The van der Waals surface area contributed by atoms with Crippen LogP contribution in [0.4, 0.5) is 10.1 Å². The zero-order chi connectivity index (χ0) is 9.30. The second-order valence-corrected chi connectivity index (χ2v) is 2.19. The third-order valence-corrected chi connectivity index (χ3v) is 1.34. The number of phenols is 1. The fraction of sp³-hybridized carbons (Fsp3) is 0. The first kappa shape index (κ1) is 8.45. The molecule has 0 spiro atoms. The maximum atomic E-state index is 12.6. The smallest absolute Gasteiger partial charge is 0.272 e. The third-order valence-electron chi connectivity index (χ3n) is 1.34. The molecule has 0 saturated heterocycles. The average Bonchev–Trinajstić information content (AvgIpc) is 1.99. The summed E-state index contributed by atoms with van der Waals surface area (Å²) in [6.45, 7) is 3.23. The second kappa shape index (κ2) is 2.77. The summed E-state index contributed by atoms with van der Waals surface area (Å²) in [6, 6.07) is 1.64. The molecule has 1 aromatic carbocycles. The molecule has 0 fully saturated rings. The number of nitrogens with zero attached hydrogens (tertiary/aromatic N) is 1. The standard InChI is InChI=1S/C7H5FNO3/c1-4-2-5(9(11)12)3-6(8)7(4)10/h2-3,10H,1H2. The lowest BCUT2D eigenvalue weighted by Crippen LogP contribution is -1.90. The summed E-state index contributed by atoms with van der Waals surface area (Å²) in [6.07, 6.45) is 0. The van der Waals surface area contributed by atoms with Gasteiger partial charge in [0.05, 0.1) is 11.0 Å². The van der Waals surface area contributed by atoms with E-state index in [4.69, 9.17) is 5.11 Å². The van der Waals surface area contributed by atoms with Crippen molar-refractivity contribution in [3.8, 4) is 5.75 Å². The molecule has 12 heavy (non-hydrogen) atoms. The van der Waals surface area contributed by atoms with Gasteiger partial charge in [-0.2, -0.15) is 0 Å². The number of phenolic OH excluding ortho intramolecular Hbond substituents is 1. The van der Waals surface area contributed by atoms with Crippen LogP contribution in [0.2, 0.25) is 0 Å². The molecule has 4 nitrogen and oxygen atoms in total. The maximum Gasteiger partial charge on any atom is 0.272 e. The van der Waals surface area contributed by atoms with E-state index >= 15 is 0 Å². The number of nitro benzene ring substituents is 1. The van der Waals surface area contributed by atoms with E-state index in [2.05, 4.69) is 6.92 Å². The van der Waals surface area contributed by atoms with Crippen molar-refractivity contribution in [1.82, 2.24) is 0 Å². The summed E-state index contributed by atoms with van der Waals surface area (Å²) in [7, 11) is 0. The van der Waals surface area contributed by atoms with Gasteiger partial charge in [0.15, 0.2) is 11.6 Å². The highest BCUT2D eigenvalue weighted by Gasteiger charge is 2.12. The molecule has 63 valence electrons. The lowest BCUT2D eigenvalue weighted by Gasteiger charge is -1.98. The lowest BCUT2D eigenvalue weighted by molar-refractivity contribution is -0.385. The zero-order valence-electron chi connectivity index (χ0n) is 5.95. The van der Waals surface area contributed by atoms with E-state index in [9.17, 15) is 14.5 Å². The van der Waals surface area contributed by atoms with Crippen LogP contribution in [-0.2, 0) is 0 Å². The van der Waals surface area contributed by atoms with E-state index in [-0.39, 0.29) is 5.56 Å². The number of benzene rings is 1. The van der Waals surface area contributed by atoms with Crippen LogP contribution in [0.15, 0.2) is 12.1 Å². The topological polar surface area (TPSA) is 63.4 Å². The van der Waals surface area contributed by atoms with Gasteiger partial charge < -0.3 is 5.11 Å². The van der Waals surface area contributed by atoms with Gasteiger partial charge in [-0.3, -0.25) is 10.1 Å². The first-order valence-corrected chi connectivity index (χ1v) is 3.01. The normalized spacial score (nSPS) is 9.83. The summed E-state index contributed by atoms with van der Waals surface area (Å²) in [5.41, 5.74) is -0.517. The van der Waals surface area contributed by atoms with Crippen LogP contribution in [0.3, 0.4) is 0 Å². The van der Waals surface area contributed by atoms with Gasteiger partial charge >= 0.3 is 0 Å². The number of nitro groups is 1. The summed E-state index contributed by atoms with van der Waals surface area (Å²) in [5.74, 6) is -1.69. The molecule has 0 amide bonds. The molecule has 1 rings (SSSR count).